The summed E-state index contributed by atoms with van der Waals surface area (Å²) in [6, 6.07) is 16.9. The third kappa shape index (κ3) is 3.49. The lowest BCUT2D eigenvalue weighted by molar-refractivity contribution is 0.146. The smallest absolute Gasteiger partial charge is 0.0645 e. The minimum absolute atomic E-state index is 0.459. The van der Waals surface area contributed by atoms with E-state index >= 15 is 0 Å². The van der Waals surface area contributed by atoms with Crippen LogP contribution in [0.25, 0.3) is 10.8 Å². The molecule has 2 aromatic rings. The van der Waals surface area contributed by atoms with Crippen LogP contribution < -0.4 is 4.90 Å². The zero-order valence-corrected chi connectivity index (χ0v) is 11.9. The molecule has 0 aromatic heterocycles. The second kappa shape index (κ2) is 7.52. The number of anilines is 1. The molecule has 0 fully saturated rings. The van der Waals surface area contributed by atoms with E-state index in [4.69, 9.17) is 10.00 Å². The van der Waals surface area contributed by atoms with Gasteiger partial charge in [-0.3, -0.25) is 0 Å². The molecule has 0 unspecified atom stereocenters. The van der Waals surface area contributed by atoms with Crippen molar-refractivity contribution in [2.24, 2.45) is 0 Å². The predicted octanol–water partition coefficient (Wildman–Crippen LogP) is 3.60. The van der Waals surface area contributed by atoms with Crippen molar-refractivity contribution in [1.82, 2.24) is 0 Å². The summed E-state index contributed by atoms with van der Waals surface area (Å²) in [5.74, 6) is 0. The van der Waals surface area contributed by atoms with Gasteiger partial charge in [-0.15, -0.1) is 0 Å². The van der Waals surface area contributed by atoms with Gasteiger partial charge in [-0.25, -0.2) is 0 Å². The Morgan fingerprint density at radius 1 is 1.10 bits per heavy atom. The first-order valence-electron chi connectivity index (χ1n) is 7.04. The van der Waals surface area contributed by atoms with Gasteiger partial charge >= 0.3 is 0 Å². The van der Waals surface area contributed by atoms with Crippen LogP contribution in [0, 0.1) is 11.3 Å². The van der Waals surface area contributed by atoms with Crippen molar-refractivity contribution in [3.05, 3.63) is 42.5 Å². The Morgan fingerprint density at radius 3 is 2.70 bits per heavy atom. The van der Waals surface area contributed by atoms with Crippen LogP contribution in [0.2, 0.25) is 0 Å². The highest BCUT2D eigenvalue weighted by molar-refractivity contribution is 5.94. The highest BCUT2D eigenvalue weighted by Gasteiger charge is 2.07. The monoisotopic (exact) mass is 268 g/mol. The average molecular weight is 268 g/mol. The Hall–Kier alpha value is -2.05. The second-order valence-electron chi connectivity index (χ2n) is 4.60. The highest BCUT2D eigenvalue weighted by atomic mass is 16.5. The fourth-order valence-electron chi connectivity index (χ4n) is 2.33. The molecule has 3 nitrogen and oxygen atoms in total. The molecule has 0 saturated heterocycles. The van der Waals surface area contributed by atoms with Gasteiger partial charge in [-0.05, 0) is 18.4 Å². The van der Waals surface area contributed by atoms with Crippen LogP contribution in [0.1, 0.15) is 13.3 Å². The largest absolute Gasteiger partial charge is 0.379 e. The molecule has 0 bridgehead atoms. The quantitative estimate of drug-likeness (QED) is 0.720. The SMILES string of the molecule is CCN(CCOCCC#N)c1cccc2ccccc12. The van der Waals surface area contributed by atoms with Crippen molar-refractivity contribution >= 4 is 16.5 Å². The molecular formula is C17H20N2O. The standard InChI is InChI=1S/C17H20N2O/c1-2-19(12-14-20-13-6-11-18)17-10-5-8-15-7-3-4-9-16(15)17/h3-5,7-10H,2,6,12-14H2,1H3. The minimum Gasteiger partial charge on any atom is -0.379 e. The maximum atomic E-state index is 8.48. The van der Waals surface area contributed by atoms with Crippen LogP contribution in [-0.4, -0.2) is 26.3 Å². The predicted molar refractivity (Wildman–Crippen MR) is 82.9 cm³/mol. The van der Waals surface area contributed by atoms with Gasteiger partial charge in [0.25, 0.3) is 0 Å². The van der Waals surface area contributed by atoms with Gasteiger partial charge in [-0.1, -0.05) is 36.4 Å². The molecule has 20 heavy (non-hydrogen) atoms. The summed E-state index contributed by atoms with van der Waals surface area (Å²) in [7, 11) is 0. The molecule has 0 N–H and O–H groups in total. The molecule has 0 aliphatic carbocycles. The number of benzene rings is 2. The fourth-order valence-corrected chi connectivity index (χ4v) is 2.33. The van der Waals surface area contributed by atoms with Gasteiger partial charge < -0.3 is 9.64 Å². The van der Waals surface area contributed by atoms with E-state index in [2.05, 4.69) is 60.4 Å². The second-order valence-corrected chi connectivity index (χ2v) is 4.60. The Labute approximate surface area is 120 Å². The van der Waals surface area contributed by atoms with Crippen LogP contribution in [0.3, 0.4) is 0 Å². The van der Waals surface area contributed by atoms with Crippen LogP contribution in [0.5, 0.6) is 0 Å². The summed E-state index contributed by atoms with van der Waals surface area (Å²) in [5, 5.41) is 11.0. The van der Waals surface area contributed by atoms with Crippen molar-refractivity contribution in [2.45, 2.75) is 13.3 Å². The first-order valence-corrected chi connectivity index (χ1v) is 7.04. The number of hydrogen-bond donors (Lipinski definition) is 0. The van der Waals surface area contributed by atoms with E-state index in [-0.39, 0.29) is 0 Å². The van der Waals surface area contributed by atoms with E-state index in [1.807, 2.05) is 0 Å². The summed E-state index contributed by atoms with van der Waals surface area (Å²) in [6.07, 6.45) is 0.459. The van der Waals surface area contributed by atoms with Gasteiger partial charge in [0.2, 0.25) is 0 Å². The number of nitrogens with zero attached hydrogens (tertiary/aromatic N) is 2. The van der Waals surface area contributed by atoms with Crippen molar-refractivity contribution in [2.75, 3.05) is 31.2 Å². The van der Waals surface area contributed by atoms with Crippen molar-refractivity contribution in [3.63, 3.8) is 0 Å². The molecule has 2 aromatic carbocycles. The van der Waals surface area contributed by atoms with Crippen LogP contribution in [0.15, 0.2) is 42.5 Å². The van der Waals surface area contributed by atoms with E-state index < -0.39 is 0 Å². The van der Waals surface area contributed by atoms with Gasteiger partial charge in [0.05, 0.1) is 25.7 Å². The average Bonchev–Trinajstić information content (AvgIpc) is 2.51. The van der Waals surface area contributed by atoms with Crippen LogP contribution in [0.4, 0.5) is 5.69 Å². The molecular weight excluding hydrogens is 248 g/mol. The fraction of sp³-hybridized carbons (Fsp3) is 0.353. The summed E-state index contributed by atoms with van der Waals surface area (Å²) in [6.45, 7) is 5.10. The van der Waals surface area contributed by atoms with Crippen LogP contribution in [-0.2, 0) is 4.74 Å². The van der Waals surface area contributed by atoms with Gasteiger partial charge in [-0.2, -0.15) is 5.26 Å². The molecule has 0 aliphatic rings. The normalized spacial score (nSPS) is 10.4. The number of fused-ring (bicyclic) bond motifs is 1. The van der Waals surface area contributed by atoms with E-state index in [1.54, 1.807) is 0 Å². The molecule has 0 aliphatic heterocycles. The Kier molecular flexibility index (Phi) is 5.40. The van der Waals surface area contributed by atoms with Gasteiger partial charge in [0, 0.05) is 24.2 Å². The molecule has 0 amide bonds. The number of ether oxygens (including phenoxy) is 1. The van der Waals surface area contributed by atoms with E-state index in [9.17, 15) is 0 Å². The maximum absolute atomic E-state index is 8.48. The Balaban J connectivity index is 2.08. The van der Waals surface area contributed by atoms with Crippen molar-refractivity contribution < 1.29 is 4.74 Å². The molecule has 104 valence electrons. The molecule has 0 spiro atoms. The minimum atomic E-state index is 0.459. The van der Waals surface area contributed by atoms with E-state index in [0.29, 0.717) is 19.6 Å². The lowest BCUT2D eigenvalue weighted by Crippen LogP contribution is -2.27. The molecule has 0 saturated carbocycles. The highest BCUT2D eigenvalue weighted by Crippen LogP contribution is 2.26. The summed E-state index contributed by atoms with van der Waals surface area (Å²) in [4.78, 5) is 2.31. The van der Waals surface area contributed by atoms with Gasteiger partial charge in [0.1, 0.15) is 0 Å². The van der Waals surface area contributed by atoms with E-state index in [0.717, 1.165) is 13.1 Å². The van der Waals surface area contributed by atoms with Gasteiger partial charge in [0.15, 0.2) is 0 Å². The van der Waals surface area contributed by atoms with Crippen molar-refractivity contribution in [3.8, 4) is 6.07 Å². The molecule has 2 rings (SSSR count). The first kappa shape index (κ1) is 14.4. The summed E-state index contributed by atoms with van der Waals surface area (Å²) >= 11 is 0. The first-order chi connectivity index (χ1) is 9.86. The zero-order chi connectivity index (χ0) is 14.2. The maximum Gasteiger partial charge on any atom is 0.0645 e. The summed E-state index contributed by atoms with van der Waals surface area (Å²) < 4.78 is 5.48. The zero-order valence-electron chi connectivity index (χ0n) is 11.9. The topological polar surface area (TPSA) is 36.3 Å². The number of likely N-dealkylation sites (N-methyl/N-ethyl adjacent to an activating group) is 1. The lowest BCUT2D eigenvalue weighted by atomic mass is 10.1. The number of nitriles is 1. The lowest BCUT2D eigenvalue weighted by Gasteiger charge is -2.24. The van der Waals surface area contributed by atoms with Crippen molar-refractivity contribution in [1.29, 1.82) is 5.26 Å². The molecule has 0 radical (unpaired) electrons. The molecule has 3 heteroatoms. The Morgan fingerprint density at radius 2 is 1.90 bits per heavy atom. The molecule has 0 heterocycles. The third-order valence-corrected chi connectivity index (χ3v) is 3.35. The van der Waals surface area contributed by atoms with Crippen LogP contribution >= 0.6 is 0 Å². The summed E-state index contributed by atoms with van der Waals surface area (Å²) in [5.41, 5.74) is 1.24. The molecule has 0 atom stereocenters. The number of rotatable bonds is 7. The Bertz CT molecular complexity index is 584. The van der Waals surface area contributed by atoms with E-state index in [1.165, 1.54) is 16.5 Å². The third-order valence-electron chi connectivity index (χ3n) is 3.35. The number of hydrogen-bond acceptors (Lipinski definition) is 3.